The van der Waals surface area contributed by atoms with Gasteiger partial charge in [0.15, 0.2) is 0 Å². The lowest BCUT2D eigenvalue weighted by Crippen LogP contribution is -2.44. The average molecular weight is 632 g/mol. The monoisotopic (exact) mass is 630 g/mol. The largest absolute Gasteiger partial charge is 0.471 e. The molecule has 2 aromatic carbocycles. The molecule has 0 fully saturated rings. The molecular weight excluding hydrogens is 610 g/mol. The van der Waals surface area contributed by atoms with Gasteiger partial charge in [-0.2, -0.15) is 26.3 Å². The van der Waals surface area contributed by atoms with E-state index in [9.17, 15) is 35.9 Å². The van der Waals surface area contributed by atoms with E-state index in [1.54, 1.807) is 37.3 Å². The third-order valence-electron chi connectivity index (χ3n) is 5.29. The Morgan fingerprint density at radius 2 is 1.57 bits per heavy atom. The lowest BCUT2D eigenvalue weighted by atomic mass is 9.91. The highest BCUT2D eigenvalue weighted by Crippen LogP contribution is 2.32. The first-order valence-corrected chi connectivity index (χ1v) is 11.9. The summed E-state index contributed by atoms with van der Waals surface area (Å²) in [6.45, 7) is 3.65. The van der Waals surface area contributed by atoms with Crippen molar-refractivity contribution in [1.82, 2.24) is 10.2 Å². The van der Waals surface area contributed by atoms with Crippen LogP contribution in [0.2, 0.25) is 0 Å². The van der Waals surface area contributed by atoms with Crippen molar-refractivity contribution >= 4 is 43.7 Å². The molecule has 12 heteroatoms. The van der Waals surface area contributed by atoms with Gasteiger partial charge in [-0.05, 0) is 52.8 Å². The fourth-order valence-electron chi connectivity index (χ4n) is 3.48. The van der Waals surface area contributed by atoms with Gasteiger partial charge in [-0.15, -0.1) is 0 Å². The number of nitrogens with one attached hydrogen (secondary N) is 1. The Hall–Kier alpha value is -2.08. The Morgan fingerprint density at radius 1 is 1.00 bits per heavy atom. The van der Waals surface area contributed by atoms with Gasteiger partial charge in [0.1, 0.15) is 0 Å². The summed E-state index contributed by atoms with van der Waals surface area (Å²) in [5.74, 6) is -3.93. The summed E-state index contributed by atoms with van der Waals surface area (Å²) < 4.78 is 74.8. The van der Waals surface area contributed by atoms with Crippen molar-refractivity contribution < 1.29 is 35.9 Å². The van der Waals surface area contributed by atoms with E-state index in [-0.39, 0.29) is 31.5 Å². The highest BCUT2D eigenvalue weighted by Gasteiger charge is 2.44. The summed E-state index contributed by atoms with van der Waals surface area (Å²) in [5, 5.41) is 1.86. The molecular formula is C23H22Br2F6N2O2. The number of alkyl halides is 6. The van der Waals surface area contributed by atoms with Crippen molar-refractivity contribution in [2.24, 2.45) is 0 Å². The van der Waals surface area contributed by atoms with Crippen LogP contribution in [0.25, 0.3) is 0 Å². The zero-order chi connectivity index (χ0) is 26.6. The topological polar surface area (TPSA) is 49.4 Å². The number of hydrogen-bond donors (Lipinski definition) is 1. The van der Waals surface area contributed by atoms with E-state index in [1.807, 2.05) is 24.4 Å². The van der Waals surface area contributed by atoms with Crippen LogP contribution in [0.3, 0.4) is 0 Å². The third kappa shape index (κ3) is 8.52. The minimum Gasteiger partial charge on any atom is -0.348 e. The van der Waals surface area contributed by atoms with Gasteiger partial charge >= 0.3 is 24.2 Å². The summed E-state index contributed by atoms with van der Waals surface area (Å²) in [6.07, 6.45) is -9.62. The lowest BCUT2D eigenvalue weighted by Gasteiger charge is -2.33. The van der Waals surface area contributed by atoms with Crippen LogP contribution in [0.15, 0.2) is 51.4 Å². The second-order valence-electron chi connectivity index (χ2n) is 8.09. The van der Waals surface area contributed by atoms with Crippen molar-refractivity contribution in [3.8, 4) is 0 Å². The molecule has 4 nitrogen and oxygen atoms in total. The first-order valence-electron chi connectivity index (χ1n) is 10.3. The molecule has 0 bridgehead atoms. The van der Waals surface area contributed by atoms with Crippen LogP contribution < -0.4 is 5.32 Å². The first kappa shape index (κ1) is 29.2. The van der Waals surface area contributed by atoms with Crippen LogP contribution >= 0.6 is 31.9 Å². The van der Waals surface area contributed by atoms with Gasteiger partial charge in [-0.25, -0.2) is 0 Å². The number of halogens is 8. The molecule has 35 heavy (non-hydrogen) atoms. The fraction of sp³-hybridized carbons (Fsp3) is 0.391. The predicted molar refractivity (Wildman–Crippen MR) is 126 cm³/mol. The first-order chi connectivity index (χ1) is 16.1. The summed E-state index contributed by atoms with van der Waals surface area (Å²) in [4.78, 5) is 22.7. The van der Waals surface area contributed by atoms with E-state index in [4.69, 9.17) is 0 Å². The minimum absolute atomic E-state index is 0.0114. The quantitative estimate of drug-likeness (QED) is 0.384. The summed E-state index contributed by atoms with van der Waals surface area (Å²) in [5.41, 5.74) is 2.64. The maximum atomic E-state index is 12.4. The van der Waals surface area contributed by atoms with Crippen LogP contribution in [0.4, 0.5) is 26.3 Å². The van der Waals surface area contributed by atoms with E-state index in [2.05, 4.69) is 31.9 Å². The third-order valence-corrected chi connectivity index (χ3v) is 6.31. The van der Waals surface area contributed by atoms with E-state index < -0.39 is 24.2 Å². The zero-order valence-corrected chi connectivity index (χ0v) is 21.8. The molecule has 0 aromatic heterocycles. The van der Waals surface area contributed by atoms with Crippen LogP contribution in [0.5, 0.6) is 0 Å². The normalized spacial score (nSPS) is 16.5. The van der Waals surface area contributed by atoms with Crippen LogP contribution in [0, 0.1) is 0 Å². The van der Waals surface area contributed by atoms with Crippen LogP contribution in [0.1, 0.15) is 42.4 Å². The maximum Gasteiger partial charge on any atom is 0.471 e. The number of carbonyl (C=O) groups excluding carboxylic acids is 2. The average Bonchev–Trinajstić information content (AvgIpc) is 2.76. The molecule has 0 saturated carbocycles. The van der Waals surface area contributed by atoms with Gasteiger partial charge in [0.25, 0.3) is 0 Å². The number of benzene rings is 2. The van der Waals surface area contributed by atoms with Crippen molar-refractivity contribution in [1.29, 1.82) is 0 Å². The van der Waals surface area contributed by atoms with Crippen molar-refractivity contribution in [2.45, 2.75) is 44.6 Å². The van der Waals surface area contributed by atoms with Gasteiger partial charge in [0, 0.05) is 28.6 Å². The molecule has 0 radical (unpaired) electrons. The molecule has 0 spiro atoms. The molecule has 3 rings (SSSR count). The number of hydrogen-bond acceptors (Lipinski definition) is 2. The van der Waals surface area contributed by atoms with Crippen molar-refractivity contribution in [3.05, 3.63) is 68.1 Å². The number of fused-ring (bicyclic) bond motifs is 1. The molecule has 0 aliphatic carbocycles. The van der Waals surface area contributed by atoms with E-state index in [1.165, 1.54) is 0 Å². The molecule has 1 N–H and O–H groups in total. The Kier molecular flexibility index (Phi) is 9.80. The van der Waals surface area contributed by atoms with Crippen molar-refractivity contribution in [3.63, 3.8) is 0 Å². The Morgan fingerprint density at radius 3 is 2.11 bits per heavy atom. The SMILES string of the molecule is CC(CNC(=O)C(F)(F)F)c1ccc(Br)cc1.CC1CN(C(=O)C(F)(F)F)Cc2cc(Br)ccc21. The molecule has 1 aliphatic heterocycles. The van der Waals surface area contributed by atoms with Gasteiger partial charge in [0.2, 0.25) is 0 Å². The molecule has 2 amide bonds. The standard InChI is InChI=1S/C12H11BrF3NO.C11H11BrF3NO/c1-7-5-17(11(18)12(14,15)16)6-8-4-9(13)2-3-10(7)8;1-7(6-16-10(17)11(13,14)15)8-2-4-9(12)5-3-8/h2-4,7H,5-6H2,1H3;2-5,7H,6H2,1H3,(H,16,17). The number of amides is 2. The van der Waals surface area contributed by atoms with Gasteiger partial charge < -0.3 is 10.2 Å². The van der Waals surface area contributed by atoms with Gasteiger partial charge in [0.05, 0.1) is 0 Å². The highest BCUT2D eigenvalue weighted by molar-refractivity contribution is 9.10. The van der Waals surface area contributed by atoms with Crippen molar-refractivity contribution in [2.75, 3.05) is 13.1 Å². The minimum atomic E-state index is -4.82. The number of nitrogens with zero attached hydrogens (tertiary/aromatic N) is 1. The van der Waals surface area contributed by atoms with E-state index >= 15 is 0 Å². The smallest absolute Gasteiger partial charge is 0.348 e. The molecule has 2 aromatic rings. The molecule has 2 atom stereocenters. The number of carbonyl (C=O) groups is 2. The Labute approximate surface area is 215 Å². The van der Waals surface area contributed by atoms with Crippen LogP contribution in [-0.4, -0.2) is 42.2 Å². The summed E-state index contributed by atoms with van der Waals surface area (Å²) in [7, 11) is 0. The second kappa shape index (κ2) is 11.8. The second-order valence-corrected chi connectivity index (χ2v) is 9.92. The number of rotatable bonds is 3. The Bertz CT molecular complexity index is 1040. The van der Waals surface area contributed by atoms with E-state index in [0.717, 1.165) is 30.5 Å². The Balaban J connectivity index is 0.000000247. The molecule has 0 saturated heterocycles. The predicted octanol–water partition coefficient (Wildman–Crippen LogP) is 6.69. The van der Waals surface area contributed by atoms with Crippen LogP contribution in [-0.2, 0) is 16.1 Å². The van der Waals surface area contributed by atoms with E-state index in [0.29, 0.717) is 0 Å². The molecule has 192 valence electrons. The zero-order valence-electron chi connectivity index (χ0n) is 18.6. The molecule has 1 heterocycles. The maximum absolute atomic E-state index is 12.4. The highest BCUT2D eigenvalue weighted by atomic mass is 79.9. The fourth-order valence-corrected chi connectivity index (χ4v) is 4.15. The molecule has 1 aliphatic rings. The molecule has 2 unspecified atom stereocenters. The van der Waals surface area contributed by atoms with Gasteiger partial charge in [-0.1, -0.05) is 63.9 Å². The van der Waals surface area contributed by atoms with Gasteiger partial charge in [-0.3, -0.25) is 9.59 Å². The summed E-state index contributed by atoms with van der Waals surface area (Å²) in [6, 6.07) is 12.7. The lowest BCUT2D eigenvalue weighted by molar-refractivity contribution is -0.186. The summed E-state index contributed by atoms with van der Waals surface area (Å²) >= 11 is 6.55.